The standard InChI is InChI=1S/C90H174NO8P/c1-6-8-10-12-14-16-18-20-22-24-26-28-30-32-34-36-38-40-42-44-45-47-49-51-53-55-57-59-61-63-65-67-69-71-73-75-77-79-81-83-90(93)99-88(87-98-100(94,95)97-85-84-91(3,4)5)86-96-89(92)82-80-78-76-74-72-70-68-66-64-62-60-58-56-54-52-50-48-46-43-41-39-37-35-33-31-29-27-25-23-21-19-17-15-13-11-9-7-2/h18,20,24-27,88H,6-17,19,21-23,28-87H2,1-5H3/b20-18-,26-24-,27-25-. The molecule has 0 amide bonds. The monoisotopic (exact) mass is 1430 g/mol. The second-order valence-electron chi connectivity index (χ2n) is 32.0. The highest BCUT2D eigenvalue weighted by Crippen LogP contribution is 2.38. The highest BCUT2D eigenvalue weighted by molar-refractivity contribution is 7.45. The molecule has 592 valence electrons. The van der Waals surface area contributed by atoms with Gasteiger partial charge in [-0.1, -0.05) is 429 Å². The zero-order valence-corrected chi connectivity index (χ0v) is 68.8. The van der Waals surface area contributed by atoms with Crippen molar-refractivity contribution in [3.63, 3.8) is 0 Å². The van der Waals surface area contributed by atoms with Gasteiger partial charge in [-0.15, -0.1) is 0 Å². The predicted molar refractivity (Wildman–Crippen MR) is 434 cm³/mol. The molecule has 0 saturated carbocycles. The second-order valence-corrected chi connectivity index (χ2v) is 33.4. The molecule has 0 fully saturated rings. The Hall–Kier alpha value is -1.77. The van der Waals surface area contributed by atoms with Crippen molar-refractivity contribution in [1.82, 2.24) is 0 Å². The summed E-state index contributed by atoms with van der Waals surface area (Å²) in [6.45, 7) is 4.32. The van der Waals surface area contributed by atoms with Crippen LogP contribution in [-0.4, -0.2) is 70.0 Å². The number of hydrogen-bond donors (Lipinski definition) is 0. The Kier molecular flexibility index (Phi) is 79.9. The Balaban J connectivity index is 3.84. The van der Waals surface area contributed by atoms with E-state index in [1.54, 1.807) is 0 Å². The molecule has 2 unspecified atom stereocenters. The number of esters is 2. The Bertz CT molecular complexity index is 1780. The molecule has 2 atom stereocenters. The molecular weight excluding hydrogens is 1250 g/mol. The van der Waals surface area contributed by atoms with E-state index >= 15 is 0 Å². The maximum Gasteiger partial charge on any atom is 0.306 e. The van der Waals surface area contributed by atoms with Gasteiger partial charge >= 0.3 is 11.9 Å². The smallest absolute Gasteiger partial charge is 0.306 e. The summed E-state index contributed by atoms with van der Waals surface area (Å²) in [5.41, 5.74) is 0. The van der Waals surface area contributed by atoms with Crippen LogP contribution >= 0.6 is 7.82 Å². The van der Waals surface area contributed by atoms with E-state index in [4.69, 9.17) is 18.5 Å². The highest BCUT2D eigenvalue weighted by atomic mass is 31.2. The van der Waals surface area contributed by atoms with E-state index < -0.39 is 26.5 Å². The van der Waals surface area contributed by atoms with Crippen LogP contribution < -0.4 is 4.89 Å². The zero-order chi connectivity index (χ0) is 72.5. The van der Waals surface area contributed by atoms with Gasteiger partial charge < -0.3 is 27.9 Å². The van der Waals surface area contributed by atoms with Crippen LogP contribution in [0.4, 0.5) is 0 Å². The molecule has 0 radical (unpaired) electrons. The number of quaternary nitrogens is 1. The molecule has 0 spiro atoms. The number of unbranched alkanes of at least 4 members (excludes halogenated alkanes) is 65. The number of rotatable bonds is 85. The van der Waals surface area contributed by atoms with Crippen molar-refractivity contribution in [2.45, 2.75) is 482 Å². The van der Waals surface area contributed by atoms with Crippen molar-refractivity contribution in [2.75, 3.05) is 47.5 Å². The van der Waals surface area contributed by atoms with Crippen molar-refractivity contribution < 1.29 is 42.1 Å². The minimum absolute atomic E-state index is 0.0265. The van der Waals surface area contributed by atoms with E-state index in [1.165, 1.54) is 405 Å². The van der Waals surface area contributed by atoms with Crippen molar-refractivity contribution in [3.8, 4) is 0 Å². The highest BCUT2D eigenvalue weighted by Gasteiger charge is 2.22. The van der Waals surface area contributed by atoms with E-state index in [0.29, 0.717) is 17.4 Å². The fourth-order valence-corrected chi connectivity index (χ4v) is 14.5. The lowest BCUT2D eigenvalue weighted by Crippen LogP contribution is -2.37. The molecule has 0 saturated heterocycles. The van der Waals surface area contributed by atoms with E-state index in [0.717, 1.165) is 38.5 Å². The summed E-state index contributed by atoms with van der Waals surface area (Å²) in [5, 5.41) is 0. The zero-order valence-electron chi connectivity index (χ0n) is 67.9. The lowest BCUT2D eigenvalue weighted by atomic mass is 10.0. The fourth-order valence-electron chi connectivity index (χ4n) is 13.8. The van der Waals surface area contributed by atoms with Gasteiger partial charge in [0.05, 0.1) is 27.7 Å². The number of phosphoric ester groups is 1. The number of nitrogens with zero attached hydrogens (tertiary/aromatic N) is 1. The first kappa shape index (κ1) is 98.2. The largest absolute Gasteiger partial charge is 0.756 e. The summed E-state index contributed by atoms with van der Waals surface area (Å²) >= 11 is 0. The summed E-state index contributed by atoms with van der Waals surface area (Å²) < 4.78 is 34.5. The summed E-state index contributed by atoms with van der Waals surface area (Å²) in [6.07, 6.45) is 108. The Labute approximate surface area is 624 Å². The average Bonchev–Trinajstić information content (AvgIpc) is 1.07. The number of hydrogen-bond acceptors (Lipinski definition) is 8. The van der Waals surface area contributed by atoms with Gasteiger partial charge in [-0.3, -0.25) is 14.2 Å². The summed E-state index contributed by atoms with van der Waals surface area (Å²) in [4.78, 5) is 38.3. The third kappa shape index (κ3) is 85.2. The lowest BCUT2D eigenvalue weighted by Gasteiger charge is -2.28. The number of carbonyl (C=O) groups excluding carboxylic acids is 2. The molecule has 0 heterocycles. The minimum atomic E-state index is -4.64. The Morgan fingerprint density at radius 2 is 0.540 bits per heavy atom. The summed E-state index contributed by atoms with van der Waals surface area (Å²) in [5.74, 6) is -0.803. The van der Waals surface area contributed by atoms with E-state index in [9.17, 15) is 19.0 Å². The van der Waals surface area contributed by atoms with Crippen LogP contribution in [0.25, 0.3) is 0 Å². The van der Waals surface area contributed by atoms with E-state index in [-0.39, 0.29) is 32.0 Å². The van der Waals surface area contributed by atoms with Crippen molar-refractivity contribution >= 4 is 19.8 Å². The first-order valence-electron chi connectivity index (χ1n) is 44.7. The molecule has 0 aromatic rings. The van der Waals surface area contributed by atoms with Gasteiger partial charge in [0.1, 0.15) is 19.8 Å². The SMILES string of the molecule is CCCCCCC/C=C\C/C=C\CCCCCCCCCCCCCCCCCCCCCCCCCCCCCC(=O)OC(COC(=O)CCCCCCCCCCCCCCCCCCCCCCCCCCC/C=C\CCCCCCCCCC)COP(=O)([O-])OCC[N+](C)(C)C. The van der Waals surface area contributed by atoms with Crippen molar-refractivity contribution in [2.24, 2.45) is 0 Å². The first-order chi connectivity index (χ1) is 49.0. The van der Waals surface area contributed by atoms with Crippen molar-refractivity contribution in [3.05, 3.63) is 36.5 Å². The quantitative estimate of drug-likeness (QED) is 0.0195. The Morgan fingerprint density at radius 3 is 0.800 bits per heavy atom. The lowest BCUT2D eigenvalue weighted by molar-refractivity contribution is -0.870. The fraction of sp³-hybridized carbons (Fsp3) is 0.911. The van der Waals surface area contributed by atoms with Gasteiger partial charge in [0.15, 0.2) is 6.10 Å². The van der Waals surface area contributed by atoms with Crippen LogP contribution in [0.1, 0.15) is 476 Å². The molecule has 100 heavy (non-hydrogen) atoms. The van der Waals surface area contributed by atoms with Gasteiger partial charge in [-0.05, 0) is 70.6 Å². The van der Waals surface area contributed by atoms with Crippen LogP contribution in [0.5, 0.6) is 0 Å². The second kappa shape index (κ2) is 81.3. The van der Waals surface area contributed by atoms with E-state index in [1.807, 2.05) is 21.1 Å². The van der Waals surface area contributed by atoms with Crippen LogP contribution in [0.2, 0.25) is 0 Å². The molecule has 10 heteroatoms. The number of ether oxygens (including phenoxy) is 2. The number of phosphoric acid groups is 1. The van der Waals surface area contributed by atoms with Crippen LogP contribution in [0.15, 0.2) is 36.5 Å². The topological polar surface area (TPSA) is 111 Å². The van der Waals surface area contributed by atoms with Gasteiger partial charge in [0.2, 0.25) is 0 Å². The molecular formula is C90H174NO8P. The summed E-state index contributed by atoms with van der Waals surface area (Å²) in [6, 6.07) is 0. The van der Waals surface area contributed by atoms with E-state index in [2.05, 4.69) is 50.3 Å². The van der Waals surface area contributed by atoms with Gasteiger partial charge in [0.25, 0.3) is 7.82 Å². The number of carbonyl (C=O) groups is 2. The predicted octanol–water partition coefficient (Wildman–Crippen LogP) is 29.4. The third-order valence-corrected chi connectivity index (χ3v) is 21.6. The maximum atomic E-state index is 12.9. The molecule has 0 N–H and O–H groups in total. The normalized spacial score (nSPS) is 13.1. The molecule has 9 nitrogen and oxygen atoms in total. The molecule has 0 aliphatic heterocycles. The van der Waals surface area contributed by atoms with Crippen LogP contribution in [0, 0.1) is 0 Å². The summed E-state index contributed by atoms with van der Waals surface area (Å²) in [7, 11) is 1.20. The van der Waals surface area contributed by atoms with Crippen molar-refractivity contribution in [1.29, 1.82) is 0 Å². The van der Waals surface area contributed by atoms with Gasteiger partial charge in [-0.25, -0.2) is 0 Å². The van der Waals surface area contributed by atoms with Crippen LogP contribution in [-0.2, 0) is 32.7 Å². The molecule has 0 aromatic heterocycles. The molecule has 0 aliphatic rings. The maximum absolute atomic E-state index is 12.9. The van der Waals surface area contributed by atoms with Gasteiger partial charge in [0, 0.05) is 12.8 Å². The molecule has 0 aliphatic carbocycles. The number of likely N-dealkylation sites (N-methyl/N-ethyl adjacent to an activating group) is 1. The molecule has 0 rings (SSSR count). The Morgan fingerprint density at radius 1 is 0.310 bits per heavy atom. The minimum Gasteiger partial charge on any atom is -0.756 e. The van der Waals surface area contributed by atoms with Gasteiger partial charge in [-0.2, -0.15) is 0 Å². The average molecular weight is 1430 g/mol. The number of allylic oxidation sites excluding steroid dienone is 6. The first-order valence-corrected chi connectivity index (χ1v) is 46.2. The molecule has 0 aromatic carbocycles. The van der Waals surface area contributed by atoms with Crippen LogP contribution in [0.3, 0.4) is 0 Å². The molecule has 0 bridgehead atoms. The third-order valence-electron chi connectivity index (χ3n) is 20.6.